The molecule has 1 saturated carbocycles. The van der Waals surface area contributed by atoms with Gasteiger partial charge < -0.3 is 15.3 Å². The van der Waals surface area contributed by atoms with Gasteiger partial charge in [0.15, 0.2) is 0 Å². The van der Waals surface area contributed by atoms with E-state index in [1.807, 2.05) is 0 Å². The van der Waals surface area contributed by atoms with Gasteiger partial charge in [0.2, 0.25) is 5.91 Å². The number of nitrogens with zero attached hydrogens (tertiary/aromatic N) is 1. The van der Waals surface area contributed by atoms with Crippen molar-refractivity contribution in [3.05, 3.63) is 0 Å². The second-order valence-corrected chi connectivity index (χ2v) is 6.92. The number of likely N-dealkylation sites (tertiary alicyclic amines) is 1. The molecule has 2 rings (SSSR count). The van der Waals surface area contributed by atoms with Gasteiger partial charge >= 0.3 is 0 Å². The fraction of sp³-hybridized carbons (Fsp3) is 0.941. The quantitative estimate of drug-likeness (QED) is 0.722. The maximum Gasteiger partial charge on any atom is 0.222 e. The van der Waals surface area contributed by atoms with Gasteiger partial charge in [0.25, 0.3) is 0 Å². The number of nitrogens with one attached hydrogen (secondary N) is 1. The summed E-state index contributed by atoms with van der Waals surface area (Å²) in [6.45, 7) is 5.21. The minimum atomic E-state index is 0.263. The summed E-state index contributed by atoms with van der Waals surface area (Å²) in [6, 6.07) is 0.448. The van der Waals surface area contributed by atoms with Crippen LogP contribution in [0.3, 0.4) is 0 Å². The molecular weight excluding hydrogens is 264 g/mol. The van der Waals surface area contributed by atoms with E-state index in [4.69, 9.17) is 5.11 Å². The number of aliphatic hydroxyl groups excluding tert-OH is 1. The summed E-state index contributed by atoms with van der Waals surface area (Å²) in [5, 5.41) is 12.7. The van der Waals surface area contributed by atoms with Crippen LogP contribution in [0.25, 0.3) is 0 Å². The van der Waals surface area contributed by atoms with Gasteiger partial charge in [-0.15, -0.1) is 0 Å². The van der Waals surface area contributed by atoms with Crippen LogP contribution in [0, 0.1) is 11.8 Å². The van der Waals surface area contributed by atoms with Crippen molar-refractivity contribution < 1.29 is 9.90 Å². The number of rotatable bonds is 8. The van der Waals surface area contributed by atoms with Gasteiger partial charge in [-0.05, 0) is 56.9 Å². The first-order valence-corrected chi connectivity index (χ1v) is 8.85. The van der Waals surface area contributed by atoms with Crippen molar-refractivity contribution in [1.29, 1.82) is 0 Å². The molecule has 2 N–H and O–H groups in total. The molecule has 2 atom stereocenters. The maximum absolute atomic E-state index is 12.2. The third-order valence-electron chi connectivity index (χ3n) is 5.04. The highest BCUT2D eigenvalue weighted by molar-refractivity contribution is 5.76. The molecule has 1 aliphatic heterocycles. The van der Waals surface area contributed by atoms with Crippen molar-refractivity contribution in [1.82, 2.24) is 10.2 Å². The van der Waals surface area contributed by atoms with E-state index in [9.17, 15) is 4.79 Å². The summed E-state index contributed by atoms with van der Waals surface area (Å²) < 4.78 is 0. The van der Waals surface area contributed by atoms with E-state index < -0.39 is 0 Å². The van der Waals surface area contributed by atoms with Gasteiger partial charge in [-0.3, -0.25) is 4.79 Å². The van der Waals surface area contributed by atoms with Gasteiger partial charge in [-0.2, -0.15) is 0 Å². The third-order valence-corrected chi connectivity index (χ3v) is 5.04. The summed E-state index contributed by atoms with van der Waals surface area (Å²) in [7, 11) is 0. The zero-order valence-electron chi connectivity index (χ0n) is 13.5. The van der Waals surface area contributed by atoms with Gasteiger partial charge in [0.1, 0.15) is 0 Å². The maximum atomic E-state index is 12.2. The molecule has 0 aromatic rings. The van der Waals surface area contributed by atoms with E-state index in [1.54, 1.807) is 0 Å². The molecule has 2 fully saturated rings. The molecule has 0 bridgehead atoms. The topological polar surface area (TPSA) is 52.6 Å². The lowest BCUT2D eigenvalue weighted by atomic mass is 9.84. The van der Waals surface area contributed by atoms with Crippen LogP contribution in [-0.2, 0) is 4.79 Å². The van der Waals surface area contributed by atoms with Crippen LogP contribution in [0.1, 0.15) is 58.3 Å². The Bertz CT molecular complexity index is 318. The molecule has 122 valence electrons. The van der Waals surface area contributed by atoms with E-state index in [0.29, 0.717) is 24.3 Å². The van der Waals surface area contributed by atoms with Crippen LogP contribution < -0.4 is 5.32 Å². The van der Waals surface area contributed by atoms with E-state index in [-0.39, 0.29) is 6.61 Å². The van der Waals surface area contributed by atoms with E-state index in [1.165, 1.54) is 19.3 Å². The predicted octanol–water partition coefficient (Wildman–Crippen LogP) is 2.17. The fourth-order valence-electron chi connectivity index (χ4n) is 3.55. The number of carbonyl (C=O) groups is 1. The Labute approximate surface area is 129 Å². The molecule has 1 heterocycles. The lowest BCUT2D eigenvalue weighted by molar-refractivity contribution is -0.133. The average molecular weight is 296 g/mol. The second-order valence-electron chi connectivity index (χ2n) is 6.92. The molecule has 0 aromatic heterocycles. The van der Waals surface area contributed by atoms with Gasteiger partial charge in [0.05, 0.1) is 0 Å². The van der Waals surface area contributed by atoms with Crippen LogP contribution in [0.4, 0.5) is 0 Å². The van der Waals surface area contributed by atoms with Gasteiger partial charge in [-0.25, -0.2) is 0 Å². The summed E-state index contributed by atoms with van der Waals surface area (Å²) >= 11 is 0. The Morgan fingerprint density at radius 2 is 2.10 bits per heavy atom. The lowest BCUT2D eigenvalue weighted by Gasteiger charge is -2.39. The minimum absolute atomic E-state index is 0.263. The second kappa shape index (κ2) is 8.74. The SMILES string of the molecule is CCCC(=O)N1CC(CCCO)CC(NCC2CCC2)C1. The monoisotopic (exact) mass is 296 g/mol. The Hall–Kier alpha value is -0.610. The lowest BCUT2D eigenvalue weighted by Crippen LogP contribution is -2.52. The van der Waals surface area contributed by atoms with Crippen LogP contribution in [0.2, 0.25) is 0 Å². The zero-order valence-corrected chi connectivity index (χ0v) is 13.5. The molecule has 4 heteroatoms. The Morgan fingerprint density at radius 1 is 1.29 bits per heavy atom. The largest absolute Gasteiger partial charge is 0.396 e. The van der Waals surface area contributed by atoms with Crippen LogP contribution in [0.15, 0.2) is 0 Å². The molecule has 1 amide bonds. The third kappa shape index (κ3) is 5.26. The van der Waals surface area contributed by atoms with Gasteiger partial charge in [-0.1, -0.05) is 13.3 Å². The molecular formula is C17H32N2O2. The highest BCUT2D eigenvalue weighted by atomic mass is 16.2. The molecule has 4 nitrogen and oxygen atoms in total. The molecule has 1 aliphatic carbocycles. The highest BCUT2D eigenvalue weighted by Gasteiger charge is 2.30. The number of hydrogen-bond donors (Lipinski definition) is 2. The molecule has 0 aromatic carbocycles. The highest BCUT2D eigenvalue weighted by Crippen LogP contribution is 2.27. The van der Waals surface area contributed by atoms with Crippen LogP contribution in [-0.4, -0.2) is 48.2 Å². The van der Waals surface area contributed by atoms with E-state index in [2.05, 4.69) is 17.1 Å². The minimum Gasteiger partial charge on any atom is -0.396 e. The average Bonchev–Trinajstić information content (AvgIpc) is 2.43. The Balaban J connectivity index is 1.83. The van der Waals surface area contributed by atoms with Crippen molar-refractivity contribution in [2.45, 2.75) is 64.3 Å². The van der Waals surface area contributed by atoms with Crippen molar-refractivity contribution in [3.63, 3.8) is 0 Å². The molecule has 0 radical (unpaired) electrons. The molecule has 2 unspecified atom stereocenters. The van der Waals surface area contributed by atoms with Crippen molar-refractivity contribution in [3.8, 4) is 0 Å². The summed E-state index contributed by atoms with van der Waals surface area (Å²) in [5.41, 5.74) is 0. The zero-order chi connectivity index (χ0) is 15.1. The van der Waals surface area contributed by atoms with Crippen LogP contribution >= 0.6 is 0 Å². The number of piperidine rings is 1. The fourth-order valence-corrected chi connectivity index (χ4v) is 3.55. The van der Waals surface area contributed by atoms with Gasteiger partial charge in [0, 0.05) is 32.2 Å². The number of amides is 1. The Morgan fingerprint density at radius 3 is 2.71 bits per heavy atom. The molecule has 1 saturated heterocycles. The standard InChI is InChI=1S/C17H32N2O2/c1-2-5-17(21)19-12-15(8-4-9-20)10-16(13-19)18-11-14-6-3-7-14/h14-16,18,20H,2-13H2,1H3. The molecule has 0 spiro atoms. The number of hydrogen-bond acceptors (Lipinski definition) is 3. The summed E-state index contributed by atoms with van der Waals surface area (Å²) in [4.78, 5) is 14.3. The smallest absolute Gasteiger partial charge is 0.222 e. The normalized spacial score (nSPS) is 26.7. The van der Waals surface area contributed by atoms with E-state index >= 15 is 0 Å². The first-order valence-electron chi connectivity index (χ1n) is 8.85. The van der Waals surface area contributed by atoms with Crippen molar-refractivity contribution in [2.24, 2.45) is 11.8 Å². The molecule has 2 aliphatic rings. The first-order chi connectivity index (χ1) is 10.2. The molecule has 21 heavy (non-hydrogen) atoms. The number of aliphatic hydroxyl groups is 1. The number of carbonyl (C=O) groups excluding carboxylic acids is 1. The van der Waals surface area contributed by atoms with Crippen molar-refractivity contribution >= 4 is 5.91 Å². The van der Waals surface area contributed by atoms with E-state index in [0.717, 1.165) is 51.2 Å². The summed E-state index contributed by atoms with van der Waals surface area (Å²) in [6.07, 6.45) is 8.76. The predicted molar refractivity (Wildman–Crippen MR) is 85.0 cm³/mol. The Kier molecular flexibility index (Phi) is 6.97. The van der Waals surface area contributed by atoms with Crippen molar-refractivity contribution in [2.75, 3.05) is 26.2 Å². The summed E-state index contributed by atoms with van der Waals surface area (Å²) in [5.74, 6) is 1.72. The first kappa shape index (κ1) is 16.8. The van der Waals surface area contributed by atoms with Crippen LogP contribution in [0.5, 0.6) is 0 Å².